The van der Waals surface area contributed by atoms with Gasteiger partial charge in [0.25, 0.3) is 0 Å². The summed E-state index contributed by atoms with van der Waals surface area (Å²) in [5.41, 5.74) is 5.40. The fourth-order valence-corrected chi connectivity index (χ4v) is 3.59. The fourth-order valence-electron chi connectivity index (χ4n) is 3.59. The Morgan fingerprint density at radius 3 is 2.03 bits per heavy atom. The Bertz CT molecular complexity index is 981. The number of hydrogen-bond acceptors (Lipinski definition) is 3. The van der Waals surface area contributed by atoms with Crippen LogP contribution in [0.25, 0.3) is 0 Å². The van der Waals surface area contributed by atoms with E-state index >= 15 is 0 Å². The number of rotatable bonds is 8. The summed E-state index contributed by atoms with van der Waals surface area (Å²) in [6.07, 6.45) is 1.38. The third-order valence-corrected chi connectivity index (χ3v) is 5.68. The topological polar surface area (TPSA) is 38.3 Å². The van der Waals surface area contributed by atoms with Crippen LogP contribution in [0.4, 0.5) is 5.69 Å². The number of benzene rings is 3. The molecule has 3 aromatic carbocycles. The number of hydrogen-bond donors (Lipinski definition) is 1. The molecule has 0 aliphatic heterocycles. The zero-order valence-corrected chi connectivity index (χ0v) is 19.2. The average molecular weight is 416 g/mol. The van der Waals surface area contributed by atoms with Crippen LogP contribution in [-0.4, -0.2) is 12.9 Å². The van der Waals surface area contributed by atoms with Gasteiger partial charge in [0.15, 0.2) is 5.78 Å². The van der Waals surface area contributed by atoms with Crippen LogP contribution in [0.2, 0.25) is 0 Å². The van der Waals surface area contributed by atoms with Gasteiger partial charge in [-0.05, 0) is 52.8 Å². The molecule has 0 heterocycles. The summed E-state index contributed by atoms with van der Waals surface area (Å²) in [7, 11) is 1.66. The first kappa shape index (κ1) is 22.6. The first-order valence-electron chi connectivity index (χ1n) is 10.9. The van der Waals surface area contributed by atoms with Gasteiger partial charge in [0.1, 0.15) is 5.75 Å². The van der Waals surface area contributed by atoms with Crippen LogP contribution >= 0.6 is 0 Å². The minimum atomic E-state index is -0.131. The van der Waals surface area contributed by atoms with E-state index in [1.165, 1.54) is 11.1 Å². The second kappa shape index (κ2) is 9.82. The zero-order valence-electron chi connectivity index (χ0n) is 19.2. The van der Waals surface area contributed by atoms with E-state index in [-0.39, 0.29) is 17.2 Å². The van der Waals surface area contributed by atoms with E-state index in [0.29, 0.717) is 6.42 Å². The SMILES string of the molecule is CCc1ccc(N[C@H](CC(=O)c2ccc(C(C)(C)C)cc2)c2ccc(OC)cc2)cc1. The molecule has 0 saturated heterocycles. The highest BCUT2D eigenvalue weighted by atomic mass is 16.5. The molecule has 1 atom stereocenters. The van der Waals surface area contributed by atoms with Gasteiger partial charge in [-0.25, -0.2) is 0 Å². The minimum absolute atomic E-state index is 0.0689. The highest BCUT2D eigenvalue weighted by Gasteiger charge is 2.19. The van der Waals surface area contributed by atoms with E-state index in [9.17, 15) is 4.79 Å². The van der Waals surface area contributed by atoms with Gasteiger partial charge in [-0.1, -0.05) is 76.2 Å². The molecule has 0 aliphatic rings. The molecule has 3 nitrogen and oxygen atoms in total. The molecular formula is C28H33NO2. The lowest BCUT2D eigenvalue weighted by molar-refractivity contribution is 0.0976. The first-order chi connectivity index (χ1) is 14.8. The van der Waals surface area contributed by atoms with Crippen LogP contribution in [0, 0.1) is 0 Å². The zero-order chi connectivity index (χ0) is 22.4. The van der Waals surface area contributed by atoms with Crippen LogP contribution in [0.5, 0.6) is 5.75 Å². The maximum atomic E-state index is 13.1. The van der Waals surface area contributed by atoms with Gasteiger partial charge < -0.3 is 10.1 Å². The van der Waals surface area contributed by atoms with E-state index in [1.807, 2.05) is 36.4 Å². The van der Waals surface area contributed by atoms with Crippen LogP contribution < -0.4 is 10.1 Å². The summed E-state index contributed by atoms with van der Waals surface area (Å²) in [4.78, 5) is 13.1. The smallest absolute Gasteiger partial charge is 0.165 e. The summed E-state index contributed by atoms with van der Waals surface area (Å²) in [5.74, 6) is 0.929. The second-order valence-corrected chi connectivity index (χ2v) is 8.98. The lowest BCUT2D eigenvalue weighted by Gasteiger charge is -2.21. The standard InChI is InChI=1S/C28H33NO2/c1-6-20-7-15-24(16-8-20)29-26(21-11-17-25(31-5)18-12-21)19-27(30)22-9-13-23(14-10-22)28(2,3)4/h7-18,26,29H,6,19H2,1-5H3/t26-/m1/s1. The summed E-state index contributed by atoms with van der Waals surface area (Å²) >= 11 is 0. The lowest BCUT2D eigenvalue weighted by atomic mass is 9.86. The largest absolute Gasteiger partial charge is 0.497 e. The number of carbonyl (C=O) groups excluding carboxylic acids is 1. The van der Waals surface area contributed by atoms with E-state index in [0.717, 1.165) is 29.0 Å². The Hall–Kier alpha value is -3.07. The average Bonchev–Trinajstić information content (AvgIpc) is 2.78. The maximum absolute atomic E-state index is 13.1. The molecule has 3 rings (SSSR count). The van der Waals surface area contributed by atoms with Gasteiger partial charge in [0, 0.05) is 17.7 Å². The fraction of sp³-hybridized carbons (Fsp3) is 0.321. The van der Waals surface area contributed by atoms with E-state index in [4.69, 9.17) is 4.74 Å². The summed E-state index contributed by atoms with van der Waals surface area (Å²) < 4.78 is 5.29. The van der Waals surface area contributed by atoms with Crippen molar-refractivity contribution in [3.05, 3.63) is 95.1 Å². The van der Waals surface area contributed by atoms with Crippen molar-refractivity contribution in [3.63, 3.8) is 0 Å². The van der Waals surface area contributed by atoms with Gasteiger partial charge >= 0.3 is 0 Å². The third-order valence-electron chi connectivity index (χ3n) is 5.68. The quantitative estimate of drug-likeness (QED) is 0.403. The highest BCUT2D eigenvalue weighted by Crippen LogP contribution is 2.28. The lowest BCUT2D eigenvalue weighted by Crippen LogP contribution is -2.16. The summed E-state index contributed by atoms with van der Waals surface area (Å²) in [5, 5.41) is 3.56. The normalized spacial score (nSPS) is 12.3. The van der Waals surface area contributed by atoms with Gasteiger partial charge in [-0.15, -0.1) is 0 Å². The van der Waals surface area contributed by atoms with Crippen LogP contribution in [0.15, 0.2) is 72.8 Å². The maximum Gasteiger partial charge on any atom is 0.165 e. The Kier molecular flexibility index (Phi) is 7.17. The first-order valence-corrected chi connectivity index (χ1v) is 10.9. The Morgan fingerprint density at radius 2 is 1.52 bits per heavy atom. The van der Waals surface area contributed by atoms with Crippen molar-refractivity contribution >= 4 is 11.5 Å². The van der Waals surface area contributed by atoms with Crippen molar-refractivity contribution in [2.75, 3.05) is 12.4 Å². The summed E-state index contributed by atoms with van der Waals surface area (Å²) in [6.45, 7) is 8.68. The molecule has 3 heteroatoms. The minimum Gasteiger partial charge on any atom is -0.497 e. The number of ketones is 1. The van der Waals surface area contributed by atoms with Crippen LogP contribution in [0.3, 0.4) is 0 Å². The molecule has 162 valence electrons. The number of aryl methyl sites for hydroxylation is 1. The number of carbonyl (C=O) groups is 1. The van der Waals surface area contributed by atoms with Crippen molar-refractivity contribution in [1.29, 1.82) is 0 Å². The molecule has 0 radical (unpaired) electrons. The Labute approximate surface area is 186 Å². The molecule has 1 N–H and O–H groups in total. The van der Waals surface area contributed by atoms with E-state index in [1.54, 1.807) is 7.11 Å². The number of methoxy groups -OCH3 is 1. The van der Waals surface area contributed by atoms with Gasteiger partial charge in [-0.2, -0.15) is 0 Å². The van der Waals surface area contributed by atoms with E-state index in [2.05, 4.69) is 69.4 Å². The molecule has 3 aromatic rings. The van der Waals surface area contributed by atoms with Gasteiger partial charge in [0.05, 0.1) is 13.2 Å². The predicted octanol–water partition coefficient (Wildman–Crippen LogP) is 6.98. The van der Waals surface area contributed by atoms with E-state index < -0.39 is 0 Å². The number of anilines is 1. The molecule has 0 fully saturated rings. The molecule has 0 aliphatic carbocycles. The number of Topliss-reactive ketones (excluding diaryl/α,β-unsaturated/α-hetero) is 1. The molecule has 0 amide bonds. The Balaban J connectivity index is 1.83. The van der Waals surface area contributed by atoms with Crippen molar-refractivity contribution < 1.29 is 9.53 Å². The molecule has 0 unspecified atom stereocenters. The molecule has 0 saturated carbocycles. The molecule has 31 heavy (non-hydrogen) atoms. The van der Waals surface area contributed by atoms with Crippen molar-refractivity contribution in [2.45, 2.75) is 52.0 Å². The predicted molar refractivity (Wildman–Crippen MR) is 129 cm³/mol. The van der Waals surface area contributed by atoms with Crippen molar-refractivity contribution in [3.8, 4) is 5.75 Å². The van der Waals surface area contributed by atoms with Crippen LogP contribution in [-0.2, 0) is 11.8 Å². The second-order valence-electron chi connectivity index (χ2n) is 8.98. The molecule has 0 bridgehead atoms. The molecule has 0 spiro atoms. The molecule has 0 aromatic heterocycles. The third kappa shape index (κ3) is 5.97. The summed E-state index contributed by atoms with van der Waals surface area (Å²) in [6, 6.07) is 24.2. The van der Waals surface area contributed by atoms with Crippen LogP contribution in [0.1, 0.15) is 67.2 Å². The highest BCUT2D eigenvalue weighted by molar-refractivity contribution is 5.96. The Morgan fingerprint density at radius 1 is 0.903 bits per heavy atom. The monoisotopic (exact) mass is 415 g/mol. The van der Waals surface area contributed by atoms with Crippen molar-refractivity contribution in [2.24, 2.45) is 0 Å². The molecular weight excluding hydrogens is 382 g/mol. The van der Waals surface area contributed by atoms with Crippen molar-refractivity contribution in [1.82, 2.24) is 0 Å². The van der Waals surface area contributed by atoms with Gasteiger partial charge in [-0.3, -0.25) is 4.79 Å². The number of nitrogens with one attached hydrogen (secondary N) is 1. The number of ether oxygens (including phenoxy) is 1. The van der Waals surface area contributed by atoms with Gasteiger partial charge in [0.2, 0.25) is 0 Å².